The van der Waals surface area contributed by atoms with Crippen LogP contribution in [-0.2, 0) is 28.6 Å². The zero-order valence-electron chi connectivity index (χ0n) is 45.6. The van der Waals surface area contributed by atoms with Crippen LogP contribution in [0.2, 0.25) is 0 Å². The van der Waals surface area contributed by atoms with E-state index in [0.29, 0.717) is 19.3 Å². The van der Waals surface area contributed by atoms with Crippen molar-refractivity contribution in [2.75, 3.05) is 13.2 Å². The number of unbranched alkanes of at least 4 members (excludes halogenated alkanes) is 30. The zero-order valence-corrected chi connectivity index (χ0v) is 45.6. The Labute approximate surface area is 427 Å². The molecule has 0 aromatic heterocycles. The molecule has 6 nitrogen and oxygen atoms in total. The number of esters is 3. The van der Waals surface area contributed by atoms with E-state index in [1.807, 2.05) is 0 Å². The van der Waals surface area contributed by atoms with E-state index >= 15 is 0 Å². The van der Waals surface area contributed by atoms with E-state index < -0.39 is 6.10 Å². The molecule has 0 aliphatic carbocycles. The van der Waals surface area contributed by atoms with Gasteiger partial charge in [-0.1, -0.05) is 261 Å². The first kappa shape index (κ1) is 65.8. The molecule has 0 bridgehead atoms. The van der Waals surface area contributed by atoms with E-state index in [4.69, 9.17) is 14.2 Å². The molecule has 1 atom stereocenters. The molecule has 69 heavy (non-hydrogen) atoms. The Morgan fingerprint density at radius 1 is 0.304 bits per heavy atom. The average molecular weight is 964 g/mol. The third-order valence-electron chi connectivity index (χ3n) is 12.7. The van der Waals surface area contributed by atoms with Gasteiger partial charge in [-0.15, -0.1) is 0 Å². The van der Waals surface area contributed by atoms with E-state index in [0.717, 1.165) is 116 Å². The third kappa shape index (κ3) is 55.6. The van der Waals surface area contributed by atoms with Crippen LogP contribution in [0.4, 0.5) is 0 Å². The van der Waals surface area contributed by atoms with Gasteiger partial charge < -0.3 is 14.2 Å². The van der Waals surface area contributed by atoms with Crippen LogP contribution >= 0.6 is 0 Å². The lowest BCUT2D eigenvalue weighted by Crippen LogP contribution is -2.30. The summed E-state index contributed by atoms with van der Waals surface area (Å²) in [5.41, 5.74) is 0. The third-order valence-corrected chi connectivity index (χ3v) is 12.7. The van der Waals surface area contributed by atoms with Gasteiger partial charge in [-0.2, -0.15) is 0 Å². The summed E-state index contributed by atoms with van der Waals surface area (Å²) in [4.78, 5) is 37.9. The van der Waals surface area contributed by atoms with Gasteiger partial charge in [-0.3, -0.25) is 14.4 Å². The van der Waals surface area contributed by atoms with E-state index in [1.165, 1.54) is 135 Å². The van der Waals surface area contributed by atoms with E-state index in [-0.39, 0.29) is 31.1 Å². The predicted octanol–water partition coefficient (Wildman–Crippen LogP) is 19.8. The van der Waals surface area contributed by atoms with E-state index in [2.05, 4.69) is 93.7 Å². The number of allylic oxidation sites excluding steroid dienone is 12. The van der Waals surface area contributed by atoms with Crippen LogP contribution in [0, 0.1) is 0 Å². The van der Waals surface area contributed by atoms with Crippen LogP contribution in [0.15, 0.2) is 72.9 Å². The summed E-state index contributed by atoms with van der Waals surface area (Å²) in [6.45, 7) is 6.42. The van der Waals surface area contributed by atoms with Crippen molar-refractivity contribution in [1.29, 1.82) is 0 Å². The van der Waals surface area contributed by atoms with Gasteiger partial charge in [0.05, 0.1) is 0 Å². The monoisotopic (exact) mass is 963 g/mol. The number of ether oxygens (including phenoxy) is 3. The molecule has 0 aliphatic heterocycles. The molecule has 0 aromatic carbocycles. The van der Waals surface area contributed by atoms with Crippen molar-refractivity contribution >= 4 is 17.9 Å². The van der Waals surface area contributed by atoms with Crippen LogP contribution < -0.4 is 0 Å². The Morgan fingerprint density at radius 2 is 0.594 bits per heavy atom. The normalized spacial score (nSPS) is 12.6. The van der Waals surface area contributed by atoms with Gasteiger partial charge in [0, 0.05) is 19.3 Å². The van der Waals surface area contributed by atoms with Gasteiger partial charge in [0.25, 0.3) is 0 Å². The van der Waals surface area contributed by atoms with Crippen molar-refractivity contribution in [2.24, 2.45) is 0 Å². The first-order valence-electron chi connectivity index (χ1n) is 29.4. The smallest absolute Gasteiger partial charge is 0.306 e. The first-order valence-corrected chi connectivity index (χ1v) is 29.4. The second-order valence-electron chi connectivity index (χ2n) is 19.5. The van der Waals surface area contributed by atoms with Gasteiger partial charge in [-0.05, 0) is 83.5 Å². The maximum atomic E-state index is 12.8. The Kier molecular flexibility index (Phi) is 54.8. The maximum absolute atomic E-state index is 12.8. The highest BCUT2D eigenvalue weighted by molar-refractivity contribution is 5.71. The fraction of sp³-hybridized carbons (Fsp3) is 0.762. The lowest BCUT2D eigenvalue weighted by molar-refractivity contribution is -0.167. The first-order chi connectivity index (χ1) is 34.0. The second kappa shape index (κ2) is 57.4. The molecule has 0 rings (SSSR count). The predicted molar refractivity (Wildman–Crippen MR) is 298 cm³/mol. The summed E-state index contributed by atoms with van der Waals surface area (Å²) in [5.74, 6) is -0.890. The summed E-state index contributed by atoms with van der Waals surface area (Å²) in [5, 5.41) is 0. The molecule has 0 heterocycles. The molecule has 398 valence electrons. The number of hydrogen-bond donors (Lipinski definition) is 0. The molecule has 0 saturated heterocycles. The molecule has 0 amide bonds. The van der Waals surface area contributed by atoms with Gasteiger partial charge in [-0.25, -0.2) is 0 Å². The standard InChI is InChI=1S/C63H110O6/c1-4-7-10-13-16-18-20-22-23-24-25-26-27-28-29-30-31-32-33-34-35-36-37-38-39-41-42-44-47-50-53-56-62(65)68-59-60(58-67-61(64)55-52-49-46-15-12-9-6-3)69-63(66)57-54-51-48-45-43-40-21-19-17-14-11-8-5-2/h7,10-11,14,16,18-19,21-23,25-26,60H,4-6,8-9,12-13,15,17,20,24,27-59H2,1-3H3/b10-7-,14-11-,18-16-,21-19-,23-22-,26-25-. The Morgan fingerprint density at radius 3 is 0.942 bits per heavy atom. The van der Waals surface area contributed by atoms with Crippen LogP contribution in [0.25, 0.3) is 0 Å². The Hall–Kier alpha value is -3.15. The molecule has 6 heteroatoms. The molecule has 0 fully saturated rings. The Bertz CT molecular complexity index is 1290. The molecule has 0 N–H and O–H groups in total. The maximum Gasteiger partial charge on any atom is 0.306 e. The highest BCUT2D eigenvalue weighted by Gasteiger charge is 2.19. The van der Waals surface area contributed by atoms with Crippen molar-refractivity contribution in [3.05, 3.63) is 72.9 Å². The quantitative estimate of drug-likeness (QED) is 0.0262. The van der Waals surface area contributed by atoms with E-state index in [1.54, 1.807) is 0 Å². The minimum absolute atomic E-state index is 0.0776. The van der Waals surface area contributed by atoms with Crippen LogP contribution in [0.5, 0.6) is 0 Å². The van der Waals surface area contributed by atoms with Crippen LogP contribution in [-0.4, -0.2) is 37.2 Å². The Balaban J connectivity index is 4.00. The lowest BCUT2D eigenvalue weighted by atomic mass is 10.0. The number of carbonyl (C=O) groups excluding carboxylic acids is 3. The number of carbonyl (C=O) groups is 3. The summed E-state index contributed by atoms with van der Waals surface area (Å²) >= 11 is 0. The summed E-state index contributed by atoms with van der Waals surface area (Å²) in [6.07, 6.45) is 73.7. The van der Waals surface area contributed by atoms with Gasteiger partial charge in [0.1, 0.15) is 13.2 Å². The molecular weight excluding hydrogens is 853 g/mol. The van der Waals surface area contributed by atoms with Crippen molar-refractivity contribution in [3.63, 3.8) is 0 Å². The molecule has 0 spiro atoms. The number of hydrogen-bond acceptors (Lipinski definition) is 6. The van der Waals surface area contributed by atoms with Crippen molar-refractivity contribution in [2.45, 2.75) is 297 Å². The van der Waals surface area contributed by atoms with Crippen molar-refractivity contribution in [3.8, 4) is 0 Å². The van der Waals surface area contributed by atoms with Gasteiger partial charge in [0.2, 0.25) is 0 Å². The minimum Gasteiger partial charge on any atom is -0.462 e. The molecule has 0 aromatic rings. The van der Waals surface area contributed by atoms with Crippen LogP contribution in [0.3, 0.4) is 0 Å². The second-order valence-corrected chi connectivity index (χ2v) is 19.5. The molecule has 0 saturated carbocycles. The average Bonchev–Trinajstić information content (AvgIpc) is 3.35. The van der Waals surface area contributed by atoms with E-state index in [9.17, 15) is 14.4 Å². The molecule has 0 radical (unpaired) electrons. The molecule has 0 aliphatic rings. The van der Waals surface area contributed by atoms with Crippen LogP contribution in [0.1, 0.15) is 290 Å². The summed E-state index contributed by atoms with van der Waals surface area (Å²) < 4.78 is 16.8. The highest BCUT2D eigenvalue weighted by atomic mass is 16.6. The zero-order chi connectivity index (χ0) is 50.0. The van der Waals surface area contributed by atoms with Gasteiger partial charge in [0.15, 0.2) is 6.10 Å². The summed E-state index contributed by atoms with van der Waals surface area (Å²) in [7, 11) is 0. The molecule has 1 unspecified atom stereocenters. The molecular formula is C63H110O6. The SMILES string of the molecule is CC/C=C\C/C=C\C/C=C\C/C=C\CCCCCCCCCCCCCCCCCCCCC(=O)OCC(COC(=O)CCCCCCCCC)OC(=O)CCCCCCC/C=C\C/C=C\CCC. The summed E-state index contributed by atoms with van der Waals surface area (Å²) in [6, 6.07) is 0. The highest BCUT2D eigenvalue weighted by Crippen LogP contribution is 2.16. The largest absolute Gasteiger partial charge is 0.462 e. The topological polar surface area (TPSA) is 78.9 Å². The minimum atomic E-state index is -0.777. The van der Waals surface area contributed by atoms with Crippen molar-refractivity contribution < 1.29 is 28.6 Å². The fourth-order valence-corrected chi connectivity index (χ4v) is 8.30. The van der Waals surface area contributed by atoms with Gasteiger partial charge >= 0.3 is 17.9 Å². The number of rotatable bonds is 53. The fourth-order valence-electron chi connectivity index (χ4n) is 8.30. The lowest BCUT2D eigenvalue weighted by Gasteiger charge is -2.18. The van der Waals surface area contributed by atoms with Crippen molar-refractivity contribution in [1.82, 2.24) is 0 Å².